The third-order valence-electron chi connectivity index (χ3n) is 6.60. The van der Waals surface area contributed by atoms with Crippen LogP contribution in [0, 0.1) is 12.8 Å². The number of aromatic nitrogens is 2. The molecule has 31 heavy (non-hydrogen) atoms. The van der Waals surface area contributed by atoms with E-state index in [1.165, 1.54) is 6.20 Å². The number of hydrogen-bond acceptors (Lipinski definition) is 1. The van der Waals surface area contributed by atoms with Crippen LogP contribution in [0.15, 0.2) is 73.1 Å². The molecule has 2 unspecified atom stereocenters. The number of carbonyl (C=O) groups excluding carboxylic acids is 1. The predicted octanol–water partition coefficient (Wildman–Crippen LogP) is 1.30. The molecule has 1 aromatic heterocycles. The molecule has 2 aromatic carbocycles. The first-order valence-electron chi connectivity index (χ1n) is 10.2. The molecule has 1 aliphatic carbocycles. The molecule has 0 saturated heterocycles. The third kappa shape index (κ3) is 3.91. The van der Waals surface area contributed by atoms with E-state index in [2.05, 4.69) is 0 Å². The van der Waals surface area contributed by atoms with E-state index in [0.717, 1.165) is 28.5 Å². The lowest BCUT2D eigenvalue weighted by Crippen LogP contribution is -3.00. The van der Waals surface area contributed by atoms with Crippen LogP contribution < -0.4 is 27.3 Å². The van der Waals surface area contributed by atoms with Crippen molar-refractivity contribution in [3.63, 3.8) is 0 Å². The van der Waals surface area contributed by atoms with E-state index in [4.69, 9.17) is 5.73 Å². The summed E-state index contributed by atoms with van der Waals surface area (Å²) in [5.74, 6) is 0.101. The van der Waals surface area contributed by atoms with Crippen molar-refractivity contribution in [3.05, 3.63) is 90.0 Å². The molecule has 1 aliphatic rings. The van der Waals surface area contributed by atoms with Crippen molar-refractivity contribution < 1.29 is 35.1 Å². The number of rotatable bonds is 6. The van der Waals surface area contributed by atoms with E-state index in [1.807, 2.05) is 65.2 Å². The Morgan fingerprint density at radius 2 is 1.61 bits per heavy atom. The zero-order valence-corrected chi connectivity index (χ0v) is 18.9. The van der Waals surface area contributed by atoms with Gasteiger partial charge < -0.3 is 22.7 Å². The Morgan fingerprint density at radius 3 is 2.06 bits per heavy atom. The highest BCUT2D eigenvalue weighted by atomic mass is 79.9. The summed E-state index contributed by atoms with van der Waals surface area (Å²) in [6.45, 7) is -0.864. The number of hydrogen-bond donors (Lipinski definition) is 1. The van der Waals surface area contributed by atoms with Crippen LogP contribution >= 0.6 is 0 Å². The summed E-state index contributed by atoms with van der Waals surface area (Å²) in [7, 11) is 0. The lowest BCUT2D eigenvalue weighted by atomic mass is 9.64. The number of nitrogens with zero attached hydrogens (tertiary/aromatic N) is 2. The Morgan fingerprint density at radius 1 is 1.06 bits per heavy atom. The Labute approximate surface area is 191 Å². The van der Waals surface area contributed by atoms with Crippen molar-refractivity contribution in [1.82, 2.24) is 4.57 Å². The van der Waals surface area contributed by atoms with Crippen LogP contribution in [0.2, 0.25) is 0 Å². The number of benzene rings is 2. The molecule has 0 spiro atoms. The second-order valence-electron chi connectivity index (χ2n) is 8.01. The van der Waals surface area contributed by atoms with Crippen molar-refractivity contribution in [1.29, 1.82) is 0 Å². The van der Waals surface area contributed by atoms with E-state index >= 15 is 0 Å². The average molecular weight is 490 g/mol. The van der Waals surface area contributed by atoms with Gasteiger partial charge in [-0.25, -0.2) is 4.57 Å². The van der Waals surface area contributed by atoms with Crippen molar-refractivity contribution >= 4 is 5.91 Å². The normalized spacial score (nSPS) is 18.7. The minimum atomic E-state index is -2.57. The Balaban J connectivity index is 0.00000272. The van der Waals surface area contributed by atoms with Crippen molar-refractivity contribution in [3.8, 4) is 0 Å². The minimum Gasteiger partial charge on any atom is -1.00 e. The van der Waals surface area contributed by atoms with Gasteiger partial charge in [-0.05, 0) is 36.3 Å². The van der Waals surface area contributed by atoms with Gasteiger partial charge in [0.25, 0.3) is 5.82 Å². The van der Waals surface area contributed by atoms with Crippen LogP contribution in [0.3, 0.4) is 0 Å². The fourth-order valence-electron chi connectivity index (χ4n) is 5.21. The number of amides is 1. The van der Waals surface area contributed by atoms with Gasteiger partial charge in [-0.2, -0.15) is 13.3 Å². The number of imidazole rings is 1. The second kappa shape index (κ2) is 9.30. The number of nitrogens with two attached hydrogens (primary N) is 1. The third-order valence-corrected chi connectivity index (χ3v) is 6.60. The van der Waals surface area contributed by atoms with Crippen molar-refractivity contribution in [2.24, 2.45) is 11.7 Å². The van der Waals surface area contributed by atoms with Crippen LogP contribution in [0.4, 0.5) is 8.78 Å². The fraction of sp³-hybridized carbons (Fsp3) is 0.333. The first-order valence-corrected chi connectivity index (χ1v) is 10.2. The maximum atomic E-state index is 13.2. The number of halogens is 3. The summed E-state index contributed by atoms with van der Waals surface area (Å²) in [5.41, 5.74) is 6.92. The molecule has 4 rings (SSSR count). The quantitative estimate of drug-likeness (QED) is 0.521. The van der Waals surface area contributed by atoms with Crippen molar-refractivity contribution in [2.45, 2.75) is 44.2 Å². The summed E-state index contributed by atoms with van der Waals surface area (Å²) >= 11 is 0. The van der Waals surface area contributed by atoms with Crippen molar-refractivity contribution in [2.75, 3.05) is 0 Å². The van der Waals surface area contributed by atoms with E-state index < -0.39 is 12.0 Å². The van der Waals surface area contributed by atoms with E-state index in [1.54, 1.807) is 13.1 Å². The highest BCUT2D eigenvalue weighted by molar-refractivity contribution is 5.91. The molecule has 0 bridgehead atoms. The summed E-state index contributed by atoms with van der Waals surface area (Å²) < 4.78 is 29.3. The smallest absolute Gasteiger partial charge is 0.387 e. The van der Waals surface area contributed by atoms with Gasteiger partial charge in [0.2, 0.25) is 5.91 Å². The summed E-state index contributed by atoms with van der Waals surface area (Å²) in [4.78, 5) is 13.1. The van der Waals surface area contributed by atoms with E-state index in [0.29, 0.717) is 12.2 Å². The van der Waals surface area contributed by atoms with E-state index in [-0.39, 0.29) is 34.8 Å². The SMILES string of the molecule is Cc1n(C(F)F)cc[n+]1C1CCC(C(C(N)=O)(c2ccccc2)c2ccccc2)C1.[Br-]. The monoisotopic (exact) mass is 489 g/mol. The highest BCUT2D eigenvalue weighted by Crippen LogP contribution is 2.48. The van der Waals surface area contributed by atoms with Gasteiger partial charge in [-0.1, -0.05) is 60.7 Å². The molecule has 0 radical (unpaired) electrons. The van der Waals surface area contributed by atoms with Crippen LogP contribution in [0.5, 0.6) is 0 Å². The summed E-state index contributed by atoms with van der Waals surface area (Å²) in [6, 6.07) is 19.4. The van der Waals surface area contributed by atoms with E-state index in [9.17, 15) is 13.6 Å². The average Bonchev–Trinajstić information content (AvgIpc) is 3.37. The van der Waals surface area contributed by atoms with Gasteiger partial charge in [0.15, 0.2) is 0 Å². The molecule has 3 aromatic rings. The van der Waals surface area contributed by atoms with Gasteiger partial charge in [0.1, 0.15) is 23.9 Å². The number of carbonyl (C=O) groups is 1. The Bertz CT molecular complexity index is 984. The summed E-state index contributed by atoms with van der Waals surface area (Å²) in [5, 5.41) is 0. The first-order chi connectivity index (χ1) is 14.5. The maximum absolute atomic E-state index is 13.2. The van der Waals surface area contributed by atoms with Crippen LogP contribution in [-0.2, 0) is 10.2 Å². The maximum Gasteiger partial charge on any atom is 0.387 e. The lowest BCUT2D eigenvalue weighted by molar-refractivity contribution is -0.727. The molecule has 2 N–H and O–H groups in total. The highest BCUT2D eigenvalue weighted by Gasteiger charge is 2.51. The second-order valence-corrected chi connectivity index (χ2v) is 8.01. The van der Waals surface area contributed by atoms with Gasteiger partial charge in [-0.15, -0.1) is 0 Å². The van der Waals surface area contributed by atoms with Crippen LogP contribution in [-0.4, -0.2) is 10.5 Å². The molecule has 1 fully saturated rings. The molecule has 7 heteroatoms. The molecule has 2 atom stereocenters. The van der Waals surface area contributed by atoms with Gasteiger partial charge in [-0.3, -0.25) is 4.79 Å². The van der Waals surface area contributed by atoms with Crippen LogP contribution in [0.25, 0.3) is 0 Å². The molecule has 4 nitrogen and oxygen atoms in total. The zero-order chi connectivity index (χ0) is 21.3. The molecule has 164 valence electrons. The largest absolute Gasteiger partial charge is 1.00 e. The molecule has 0 aliphatic heterocycles. The minimum absolute atomic E-state index is 0. The first kappa shape index (κ1) is 23.1. The Hall–Kier alpha value is -2.54. The molecule has 1 saturated carbocycles. The van der Waals surface area contributed by atoms with Gasteiger partial charge >= 0.3 is 6.55 Å². The molecular formula is C24H26BrF2N3O. The fourth-order valence-corrected chi connectivity index (χ4v) is 5.21. The number of alkyl halides is 2. The number of primary amides is 1. The molecule has 1 heterocycles. The topological polar surface area (TPSA) is 51.9 Å². The summed E-state index contributed by atoms with van der Waals surface area (Å²) in [6.07, 6.45) is 5.40. The lowest BCUT2D eigenvalue weighted by Gasteiger charge is -2.37. The Kier molecular flexibility index (Phi) is 6.94. The standard InChI is InChI=1S/C24H25F2N3O.BrH/c1-17-28(14-15-29(17)23(25)26)21-13-12-20(16-21)24(22(27)30,18-8-4-2-5-9-18)19-10-6-3-7-11-19;/h2-11,14-15,20-21,23H,12-13,16H2,1H3,(H-,27,30);1H. The van der Waals surface area contributed by atoms with Gasteiger partial charge in [0.05, 0.1) is 0 Å². The van der Waals surface area contributed by atoms with Crippen LogP contribution in [0.1, 0.15) is 48.8 Å². The molecular weight excluding hydrogens is 464 g/mol. The zero-order valence-electron chi connectivity index (χ0n) is 17.3. The molecule has 1 amide bonds. The predicted molar refractivity (Wildman–Crippen MR) is 110 cm³/mol. The van der Waals surface area contributed by atoms with Gasteiger partial charge in [0, 0.05) is 6.92 Å².